The van der Waals surface area contributed by atoms with Gasteiger partial charge in [0.25, 0.3) is 0 Å². The van der Waals surface area contributed by atoms with Crippen LogP contribution in [0.1, 0.15) is 50.7 Å². The van der Waals surface area contributed by atoms with Crippen LogP contribution in [0, 0.1) is 0 Å². The molecule has 0 fully saturated rings. The van der Waals surface area contributed by atoms with Crippen LogP contribution < -0.4 is 5.32 Å². The second-order valence-electron chi connectivity index (χ2n) is 4.84. The summed E-state index contributed by atoms with van der Waals surface area (Å²) >= 11 is 3.16. The van der Waals surface area contributed by atoms with Crippen LogP contribution >= 0.6 is 15.9 Å². The van der Waals surface area contributed by atoms with Gasteiger partial charge in [-0.15, -0.1) is 0 Å². The zero-order chi connectivity index (χ0) is 13.0. The fourth-order valence-electron chi connectivity index (χ4n) is 1.72. The molecule has 0 aliphatic rings. The summed E-state index contributed by atoms with van der Waals surface area (Å²) in [7, 11) is 0. The fraction of sp³-hybridized carbons (Fsp3) is 0.500. The van der Waals surface area contributed by atoms with E-state index in [0.717, 1.165) is 5.69 Å². The maximum absolute atomic E-state index is 11.4. The SMILES string of the molecule is CC(C)c1ccc(NC(=O)CBr)c(C(C)C)c1. The summed E-state index contributed by atoms with van der Waals surface area (Å²) in [5.74, 6) is 0.900. The lowest BCUT2D eigenvalue weighted by molar-refractivity contribution is -0.113. The Hall–Kier alpha value is -0.830. The molecule has 0 bridgehead atoms. The highest BCUT2D eigenvalue weighted by Crippen LogP contribution is 2.28. The summed E-state index contributed by atoms with van der Waals surface area (Å²) in [6, 6.07) is 6.28. The van der Waals surface area contributed by atoms with E-state index in [9.17, 15) is 4.79 Å². The lowest BCUT2D eigenvalue weighted by Gasteiger charge is -2.16. The van der Waals surface area contributed by atoms with Gasteiger partial charge < -0.3 is 5.32 Å². The number of halogens is 1. The van der Waals surface area contributed by atoms with E-state index >= 15 is 0 Å². The number of hydrogen-bond donors (Lipinski definition) is 1. The zero-order valence-electron chi connectivity index (χ0n) is 10.9. The molecule has 0 spiro atoms. The Bertz CT molecular complexity index is 399. The molecule has 1 aromatic carbocycles. The lowest BCUT2D eigenvalue weighted by Crippen LogP contribution is -2.14. The molecule has 0 radical (unpaired) electrons. The predicted molar refractivity (Wildman–Crippen MR) is 77.0 cm³/mol. The van der Waals surface area contributed by atoms with Gasteiger partial charge in [0, 0.05) is 5.69 Å². The first-order chi connectivity index (χ1) is 7.95. The van der Waals surface area contributed by atoms with Crippen LogP contribution in [-0.2, 0) is 4.79 Å². The number of rotatable bonds is 4. The quantitative estimate of drug-likeness (QED) is 0.826. The number of anilines is 1. The molecule has 17 heavy (non-hydrogen) atoms. The van der Waals surface area contributed by atoms with Gasteiger partial charge in [0.2, 0.25) is 5.91 Å². The van der Waals surface area contributed by atoms with Crippen molar-refractivity contribution in [1.82, 2.24) is 0 Å². The van der Waals surface area contributed by atoms with Crippen LogP contribution in [-0.4, -0.2) is 11.2 Å². The van der Waals surface area contributed by atoms with Gasteiger partial charge in [-0.3, -0.25) is 4.79 Å². The summed E-state index contributed by atoms with van der Waals surface area (Å²) in [5, 5.41) is 3.25. The molecule has 0 aromatic heterocycles. The van der Waals surface area contributed by atoms with Crippen molar-refractivity contribution in [3.63, 3.8) is 0 Å². The molecule has 1 rings (SSSR count). The summed E-state index contributed by atoms with van der Waals surface area (Å²) < 4.78 is 0. The normalized spacial score (nSPS) is 11.0. The van der Waals surface area contributed by atoms with Crippen LogP contribution in [0.25, 0.3) is 0 Å². The van der Waals surface area contributed by atoms with Crippen molar-refractivity contribution >= 4 is 27.5 Å². The first-order valence-electron chi connectivity index (χ1n) is 5.95. The van der Waals surface area contributed by atoms with Gasteiger partial charge in [0.1, 0.15) is 0 Å². The molecule has 1 N–H and O–H groups in total. The largest absolute Gasteiger partial charge is 0.325 e. The number of amides is 1. The van der Waals surface area contributed by atoms with Crippen LogP contribution in [0.3, 0.4) is 0 Å². The Morgan fingerprint density at radius 1 is 1.24 bits per heavy atom. The van der Waals surface area contributed by atoms with Crippen molar-refractivity contribution < 1.29 is 4.79 Å². The van der Waals surface area contributed by atoms with Crippen molar-refractivity contribution in [1.29, 1.82) is 0 Å². The smallest absolute Gasteiger partial charge is 0.235 e. The number of carbonyl (C=O) groups excluding carboxylic acids is 1. The molecule has 3 heteroatoms. The van der Waals surface area contributed by atoms with Crippen LogP contribution in [0.15, 0.2) is 18.2 Å². The van der Waals surface area contributed by atoms with Gasteiger partial charge in [0.15, 0.2) is 0 Å². The van der Waals surface area contributed by atoms with E-state index < -0.39 is 0 Å². The molecular formula is C14H20BrNO. The highest BCUT2D eigenvalue weighted by Gasteiger charge is 2.11. The maximum Gasteiger partial charge on any atom is 0.235 e. The lowest BCUT2D eigenvalue weighted by atomic mass is 9.94. The van der Waals surface area contributed by atoms with Gasteiger partial charge in [-0.1, -0.05) is 55.8 Å². The summed E-state index contributed by atoms with van der Waals surface area (Å²) in [6.07, 6.45) is 0. The van der Waals surface area contributed by atoms with E-state index in [4.69, 9.17) is 0 Å². The number of hydrogen-bond acceptors (Lipinski definition) is 1. The summed E-state index contributed by atoms with van der Waals surface area (Å²) in [4.78, 5) is 11.4. The first kappa shape index (κ1) is 14.2. The topological polar surface area (TPSA) is 29.1 Å². The first-order valence-corrected chi connectivity index (χ1v) is 7.07. The minimum atomic E-state index is -0.0100. The molecule has 94 valence electrons. The van der Waals surface area contributed by atoms with Crippen LogP contribution in [0.2, 0.25) is 0 Å². The number of benzene rings is 1. The Labute approximate surface area is 112 Å². The third-order valence-corrected chi connectivity index (χ3v) is 3.27. The van der Waals surface area contributed by atoms with E-state index in [2.05, 4.69) is 61.1 Å². The minimum absolute atomic E-state index is 0.0100. The third-order valence-electron chi connectivity index (χ3n) is 2.76. The molecule has 0 saturated heterocycles. The number of carbonyl (C=O) groups is 1. The molecule has 0 atom stereocenters. The molecule has 2 nitrogen and oxygen atoms in total. The van der Waals surface area contributed by atoms with Gasteiger partial charge in [-0.2, -0.15) is 0 Å². The number of nitrogens with one attached hydrogen (secondary N) is 1. The number of alkyl halides is 1. The molecular weight excluding hydrogens is 278 g/mol. The molecule has 0 saturated carbocycles. The van der Waals surface area contributed by atoms with Crippen molar-refractivity contribution in [2.24, 2.45) is 0 Å². The Morgan fingerprint density at radius 3 is 2.35 bits per heavy atom. The highest BCUT2D eigenvalue weighted by atomic mass is 79.9. The maximum atomic E-state index is 11.4. The van der Waals surface area contributed by atoms with Crippen LogP contribution in [0.4, 0.5) is 5.69 Å². The van der Waals surface area contributed by atoms with E-state index in [0.29, 0.717) is 17.2 Å². The minimum Gasteiger partial charge on any atom is -0.325 e. The monoisotopic (exact) mass is 297 g/mol. The van der Waals surface area contributed by atoms with E-state index in [-0.39, 0.29) is 5.91 Å². The molecule has 1 amide bonds. The summed E-state index contributed by atoms with van der Waals surface area (Å²) in [5.41, 5.74) is 3.44. The van der Waals surface area contributed by atoms with E-state index in [1.54, 1.807) is 0 Å². The van der Waals surface area contributed by atoms with Crippen LogP contribution in [0.5, 0.6) is 0 Å². The second kappa shape index (κ2) is 6.20. The standard InChI is InChI=1S/C14H20BrNO/c1-9(2)11-5-6-13(16-14(17)8-15)12(7-11)10(3)4/h5-7,9-10H,8H2,1-4H3,(H,16,17). The Balaban J connectivity index is 3.08. The van der Waals surface area contributed by atoms with E-state index in [1.165, 1.54) is 11.1 Å². The van der Waals surface area contributed by atoms with Gasteiger partial charge >= 0.3 is 0 Å². The molecule has 0 aliphatic carbocycles. The molecule has 0 unspecified atom stereocenters. The summed E-state index contributed by atoms with van der Waals surface area (Å²) in [6.45, 7) is 8.64. The highest BCUT2D eigenvalue weighted by molar-refractivity contribution is 9.09. The van der Waals surface area contributed by atoms with Gasteiger partial charge in [-0.25, -0.2) is 0 Å². The average Bonchev–Trinajstić information content (AvgIpc) is 2.28. The third kappa shape index (κ3) is 3.84. The van der Waals surface area contributed by atoms with Gasteiger partial charge in [-0.05, 0) is 29.0 Å². The average molecular weight is 298 g/mol. The predicted octanol–water partition coefficient (Wildman–Crippen LogP) is 4.27. The second-order valence-corrected chi connectivity index (χ2v) is 5.40. The van der Waals surface area contributed by atoms with Gasteiger partial charge in [0.05, 0.1) is 5.33 Å². The molecule has 0 aliphatic heterocycles. The molecule has 1 aromatic rings. The molecule has 0 heterocycles. The van der Waals surface area contributed by atoms with Crippen molar-refractivity contribution in [3.8, 4) is 0 Å². The van der Waals surface area contributed by atoms with Crippen molar-refractivity contribution in [2.75, 3.05) is 10.6 Å². The van der Waals surface area contributed by atoms with E-state index in [1.807, 2.05) is 6.07 Å². The van der Waals surface area contributed by atoms with Crippen molar-refractivity contribution in [2.45, 2.75) is 39.5 Å². The zero-order valence-corrected chi connectivity index (χ0v) is 12.5. The Morgan fingerprint density at radius 2 is 1.88 bits per heavy atom. The Kier molecular flexibility index (Phi) is 5.19. The van der Waals surface area contributed by atoms with Crippen molar-refractivity contribution in [3.05, 3.63) is 29.3 Å². The fourth-order valence-corrected chi connectivity index (χ4v) is 1.86.